The van der Waals surface area contributed by atoms with Crippen molar-refractivity contribution in [1.82, 2.24) is 14.8 Å². The standard InChI is InChI=1S/C18H16ClFN4OS/c1-11(17(25)21-13-9-7-12(19)8-10-13)26-18-23-22-16(24(18)2)14-5-3-4-6-15(14)20/h3-11H,1-2H3,(H,21,25). The lowest BCUT2D eigenvalue weighted by Crippen LogP contribution is -2.22. The van der Waals surface area contributed by atoms with Crippen molar-refractivity contribution in [3.63, 3.8) is 0 Å². The molecule has 0 aliphatic rings. The van der Waals surface area contributed by atoms with E-state index < -0.39 is 5.25 Å². The Hall–Kier alpha value is -2.38. The Kier molecular flexibility index (Phi) is 5.58. The molecular weight excluding hydrogens is 375 g/mol. The predicted molar refractivity (Wildman–Crippen MR) is 102 cm³/mol. The van der Waals surface area contributed by atoms with Crippen molar-refractivity contribution in [2.24, 2.45) is 7.05 Å². The number of amides is 1. The van der Waals surface area contributed by atoms with Crippen LogP contribution in [0.4, 0.5) is 10.1 Å². The molecule has 0 saturated carbocycles. The monoisotopic (exact) mass is 390 g/mol. The Morgan fingerprint density at radius 1 is 1.19 bits per heavy atom. The first-order valence-corrected chi connectivity index (χ1v) is 9.09. The van der Waals surface area contributed by atoms with Crippen LogP contribution in [0.1, 0.15) is 6.92 Å². The van der Waals surface area contributed by atoms with E-state index in [1.165, 1.54) is 17.8 Å². The van der Waals surface area contributed by atoms with E-state index >= 15 is 0 Å². The molecule has 3 aromatic rings. The third-order valence-electron chi connectivity index (χ3n) is 3.71. The van der Waals surface area contributed by atoms with E-state index in [1.54, 1.807) is 61.0 Å². The van der Waals surface area contributed by atoms with Crippen molar-refractivity contribution < 1.29 is 9.18 Å². The highest BCUT2D eigenvalue weighted by molar-refractivity contribution is 8.00. The van der Waals surface area contributed by atoms with Gasteiger partial charge in [-0.3, -0.25) is 4.79 Å². The van der Waals surface area contributed by atoms with Crippen LogP contribution in [0, 0.1) is 5.82 Å². The summed E-state index contributed by atoms with van der Waals surface area (Å²) >= 11 is 7.09. The molecule has 1 atom stereocenters. The lowest BCUT2D eigenvalue weighted by molar-refractivity contribution is -0.115. The molecule has 0 radical (unpaired) electrons. The molecule has 26 heavy (non-hydrogen) atoms. The van der Waals surface area contributed by atoms with Gasteiger partial charge in [0.1, 0.15) is 5.82 Å². The fraction of sp³-hybridized carbons (Fsp3) is 0.167. The molecule has 8 heteroatoms. The van der Waals surface area contributed by atoms with E-state index in [9.17, 15) is 9.18 Å². The Labute approximate surface area is 159 Å². The molecule has 0 bridgehead atoms. The minimum atomic E-state index is -0.415. The van der Waals surface area contributed by atoms with Crippen LogP contribution in [0.25, 0.3) is 11.4 Å². The molecule has 1 N–H and O–H groups in total. The van der Waals surface area contributed by atoms with Gasteiger partial charge in [0.05, 0.1) is 10.8 Å². The second-order valence-electron chi connectivity index (χ2n) is 5.60. The summed E-state index contributed by atoms with van der Waals surface area (Å²) in [5.41, 5.74) is 1.03. The van der Waals surface area contributed by atoms with Crippen molar-refractivity contribution in [3.8, 4) is 11.4 Å². The maximum Gasteiger partial charge on any atom is 0.237 e. The smallest absolute Gasteiger partial charge is 0.237 e. The lowest BCUT2D eigenvalue weighted by Gasteiger charge is -2.12. The Morgan fingerprint density at radius 2 is 1.88 bits per heavy atom. The number of hydrogen-bond acceptors (Lipinski definition) is 4. The summed E-state index contributed by atoms with van der Waals surface area (Å²) in [4.78, 5) is 12.4. The number of halogens is 2. The maximum absolute atomic E-state index is 14.0. The summed E-state index contributed by atoms with van der Waals surface area (Å²) in [6.45, 7) is 1.77. The molecular formula is C18H16ClFN4OS. The van der Waals surface area contributed by atoms with Crippen LogP contribution < -0.4 is 5.32 Å². The first-order valence-electron chi connectivity index (χ1n) is 7.83. The maximum atomic E-state index is 14.0. The van der Waals surface area contributed by atoms with Crippen LogP contribution in [0.15, 0.2) is 53.7 Å². The van der Waals surface area contributed by atoms with Gasteiger partial charge in [0, 0.05) is 17.8 Å². The number of hydrogen-bond donors (Lipinski definition) is 1. The topological polar surface area (TPSA) is 59.8 Å². The number of rotatable bonds is 5. The van der Waals surface area contributed by atoms with Gasteiger partial charge in [-0.1, -0.05) is 35.5 Å². The number of thioether (sulfide) groups is 1. The Morgan fingerprint density at radius 3 is 2.58 bits per heavy atom. The van der Waals surface area contributed by atoms with Gasteiger partial charge in [0.25, 0.3) is 0 Å². The second-order valence-corrected chi connectivity index (χ2v) is 7.35. The Balaban J connectivity index is 1.71. The van der Waals surface area contributed by atoms with Gasteiger partial charge >= 0.3 is 0 Å². The molecule has 0 saturated heterocycles. The molecule has 1 amide bonds. The van der Waals surface area contributed by atoms with E-state index in [-0.39, 0.29) is 11.7 Å². The second kappa shape index (κ2) is 7.88. The number of nitrogens with zero attached hydrogens (tertiary/aromatic N) is 3. The predicted octanol–water partition coefficient (Wildman–Crippen LogP) is 4.39. The molecule has 1 aromatic heterocycles. The average Bonchev–Trinajstić information content (AvgIpc) is 2.98. The Bertz CT molecular complexity index is 929. The highest BCUT2D eigenvalue weighted by Gasteiger charge is 2.20. The van der Waals surface area contributed by atoms with Crippen molar-refractivity contribution in [1.29, 1.82) is 0 Å². The molecule has 0 aliphatic heterocycles. The molecule has 1 heterocycles. The number of aromatic nitrogens is 3. The zero-order valence-corrected chi connectivity index (χ0v) is 15.7. The van der Waals surface area contributed by atoms with Crippen LogP contribution in [-0.2, 0) is 11.8 Å². The van der Waals surface area contributed by atoms with Crippen molar-refractivity contribution in [3.05, 3.63) is 59.4 Å². The average molecular weight is 391 g/mol. The van der Waals surface area contributed by atoms with Crippen molar-refractivity contribution in [2.45, 2.75) is 17.3 Å². The first-order chi connectivity index (χ1) is 12.5. The third-order valence-corrected chi connectivity index (χ3v) is 5.10. The quantitative estimate of drug-likeness (QED) is 0.656. The summed E-state index contributed by atoms with van der Waals surface area (Å²) < 4.78 is 15.6. The number of nitrogens with one attached hydrogen (secondary N) is 1. The van der Waals surface area contributed by atoms with E-state index in [4.69, 9.17) is 11.6 Å². The molecule has 2 aromatic carbocycles. The summed E-state index contributed by atoms with van der Waals surface area (Å²) in [7, 11) is 1.74. The SMILES string of the molecule is CC(Sc1nnc(-c2ccccc2F)n1C)C(=O)Nc1ccc(Cl)cc1. The summed E-state index contributed by atoms with van der Waals surface area (Å²) in [5.74, 6) is -0.128. The van der Waals surface area contributed by atoms with Gasteiger partial charge in [-0.15, -0.1) is 10.2 Å². The third kappa shape index (κ3) is 4.05. The fourth-order valence-electron chi connectivity index (χ4n) is 2.28. The lowest BCUT2D eigenvalue weighted by atomic mass is 10.2. The number of benzene rings is 2. The summed E-state index contributed by atoms with van der Waals surface area (Å²) in [5, 5.41) is 11.7. The van der Waals surface area contributed by atoms with Crippen molar-refractivity contribution in [2.75, 3.05) is 5.32 Å². The summed E-state index contributed by atoms with van der Waals surface area (Å²) in [6.07, 6.45) is 0. The largest absolute Gasteiger partial charge is 0.325 e. The fourth-order valence-corrected chi connectivity index (χ4v) is 3.22. The molecule has 134 valence electrons. The highest BCUT2D eigenvalue weighted by Crippen LogP contribution is 2.27. The summed E-state index contributed by atoms with van der Waals surface area (Å²) in [6, 6.07) is 13.3. The number of anilines is 1. The zero-order chi connectivity index (χ0) is 18.7. The van der Waals surface area contributed by atoms with Crippen LogP contribution >= 0.6 is 23.4 Å². The van der Waals surface area contributed by atoms with Gasteiger partial charge in [0.15, 0.2) is 11.0 Å². The molecule has 0 aliphatic carbocycles. The van der Waals surface area contributed by atoms with E-state index in [1.807, 2.05) is 0 Å². The molecule has 0 spiro atoms. The van der Waals surface area contributed by atoms with Crippen molar-refractivity contribution >= 4 is 35.0 Å². The number of carbonyl (C=O) groups excluding carboxylic acids is 1. The van der Waals surface area contributed by atoms with E-state index in [0.717, 1.165) is 0 Å². The van der Waals surface area contributed by atoms with Crippen LogP contribution in [0.2, 0.25) is 5.02 Å². The molecule has 3 rings (SSSR count). The zero-order valence-electron chi connectivity index (χ0n) is 14.1. The minimum absolute atomic E-state index is 0.173. The van der Waals surface area contributed by atoms with Gasteiger partial charge in [-0.05, 0) is 43.3 Å². The van der Waals surface area contributed by atoms with Crippen LogP contribution in [-0.4, -0.2) is 25.9 Å². The van der Waals surface area contributed by atoms with Gasteiger partial charge in [0.2, 0.25) is 5.91 Å². The van der Waals surface area contributed by atoms with Gasteiger partial charge < -0.3 is 9.88 Å². The number of carbonyl (C=O) groups is 1. The normalized spacial score (nSPS) is 12.0. The van der Waals surface area contributed by atoms with Crippen LogP contribution in [0.5, 0.6) is 0 Å². The van der Waals surface area contributed by atoms with Gasteiger partial charge in [-0.25, -0.2) is 4.39 Å². The highest BCUT2D eigenvalue weighted by atomic mass is 35.5. The first kappa shape index (κ1) is 18.4. The molecule has 5 nitrogen and oxygen atoms in total. The van der Waals surface area contributed by atoms with Gasteiger partial charge in [-0.2, -0.15) is 0 Å². The van der Waals surface area contributed by atoms with E-state index in [2.05, 4.69) is 15.5 Å². The van der Waals surface area contributed by atoms with Crippen LogP contribution in [0.3, 0.4) is 0 Å². The molecule has 0 fully saturated rings. The van der Waals surface area contributed by atoms with E-state index in [0.29, 0.717) is 27.3 Å². The molecule has 1 unspecified atom stereocenters. The minimum Gasteiger partial charge on any atom is -0.325 e.